The Morgan fingerprint density at radius 2 is 2.07 bits per heavy atom. The zero-order valence-electron chi connectivity index (χ0n) is 9.83. The van der Waals surface area contributed by atoms with Crippen molar-refractivity contribution in [2.45, 2.75) is 38.8 Å². The summed E-state index contributed by atoms with van der Waals surface area (Å²) in [6.45, 7) is 7.39. The molecular weight excluding hydrogens is 184 g/mol. The summed E-state index contributed by atoms with van der Waals surface area (Å²) in [4.78, 5) is 2.46. The molecule has 0 fully saturated rings. The standard InChI is InChI=1S/C13H20N2/c1-10-8-11-6-4-5-7-12(11)15(10)13(2,3)9-14/h4-7,10H,8-9,14H2,1-3H3. The monoisotopic (exact) mass is 204 g/mol. The molecular formula is C13H20N2. The Hall–Kier alpha value is -1.02. The molecule has 2 rings (SSSR count). The van der Waals surface area contributed by atoms with Gasteiger partial charge in [-0.2, -0.15) is 0 Å². The van der Waals surface area contributed by atoms with E-state index in [0.717, 1.165) is 6.42 Å². The lowest BCUT2D eigenvalue weighted by Crippen LogP contribution is -2.52. The molecule has 0 aromatic heterocycles. The maximum atomic E-state index is 5.86. The Morgan fingerprint density at radius 1 is 1.40 bits per heavy atom. The average Bonchev–Trinajstić information content (AvgIpc) is 2.54. The normalized spacial score (nSPS) is 20.5. The van der Waals surface area contributed by atoms with Crippen LogP contribution in [0, 0.1) is 0 Å². The average molecular weight is 204 g/mol. The molecule has 15 heavy (non-hydrogen) atoms. The molecule has 0 aliphatic carbocycles. The van der Waals surface area contributed by atoms with Crippen molar-refractivity contribution in [2.75, 3.05) is 11.4 Å². The van der Waals surface area contributed by atoms with Gasteiger partial charge in [-0.25, -0.2) is 0 Å². The highest BCUT2D eigenvalue weighted by atomic mass is 15.2. The lowest BCUT2D eigenvalue weighted by molar-refractivity contribution is 0.440. The lowest BCUT2D eigenvalue weighted by atomic mass is 10.0. The molecule has 82 valence electrons. The van der Waals surface area contributed by atoms with Gasteiger partial charge in [-0.15, -0.1) is 0 Å². The van der Waals surface area contributed by atoms with E-state index in [1.165, 1.54) is 11.3 Å². The number of hydrogen-bond donors (Lipinski definition) is 1. The predicted octanol–water partition coefficient (Wildman–Crippen LogP) is 2.17. The van der Waals surface area contributed by atoms with Crippen molar-refractivity contribution < 1.29 is 0 Å². The van der Waals surface area contributed by atoms with Gasteiger partial charge in [0.2, 0.25) is 0 Å². The van der Waals surface area contributed by atoms with Gasteiger partial charge in [0.25, 0.3) is 0 Å². The van der Waals surface area contributed by atoms with Gasteiger partial charge in [-0.1, -0.05) is 18.2 Å². The molecule has 2 heteroatoms. The molecule has 1 aromatic rings. The van der Waals surface area contributed by atoms with Crippen LogP contribution < -0.4 is 10.6 Å². The van der Waals surface area contributed by atoms with E-state index in [4.69, 9.17) is 5.73 Å². The number of rotatable bonds is 2. The summed E-state index contributed by atoms with van der Waals surface area (Å²) in [5.74, 6) is 0. The predicted molar refractivity (Wildman–Crippen MR) is 65.2 cm³/mol. The molecule has 1 heterocycles. The van der Waals surface area contributed by atoms with E-state index >= 15 is 0 Å². The fourth-order valence-corrected chi connectivity index (χ4v) is 2.59. The molecule has 0 spiro atoms. The van der Waals surface area contributed by atoms with Crippen molar-refractivity contribution in [2.24, 2.45) is 5.73 Å². The largest absolute Gasteiger partial charge is 0.362 e. The maximum absolute atomic E-state index is 5.86. The van der Waals surface area contributed by atoms with Gasteiger partial charge in [0.1, 0.15) is 0 Å². The smallest absolute Gasteiger partial charge is 0.0471 e. The van der Waals surface area contributed by atoms with Crippen molar-refractivity contribution in [1.29, 1.82) is 0 Å². The van der Waals surface area contributed by atoms with Crippen LogP contribution in [0.3, 0.4) is 0 Å². The van der Waals surface area contributed by atoms with E-state index in [9.17, 15) is 0 Å². The summed E-state index contributed by atoms with van der Waals surface area (Å²) < 4.78 is 0. The third kappa shape index (κ3) is 1.63. The second kappa shape index (κ2) is 3.53. The van der Waals surface area contributed by atoms with Crippen LogP contribution in [0.4, 0.5) is 5.69 Å². The van der Waals surface area contributed by atoms with E-state index in [0.29, 0.717) is 12.6 Å². The van der Waals surface area contributed by atoms with E-state index < -0.39 is 0 Å². The molecule has 1 unspecified atom stereocenters. The maximum Gasteiger partial charge on any atom is 0.0471 e. The Balaban J connectivity index is 2.42. The Bertz CT molecular complexity index is 357. The minimum atomic E-state index is 0.0476. The van der Waals surface area contributed by atoms with E-state index in [-0.39, 0.29) is 5.54 Å². The SMILES string of the molecule is CC1Cc2ccccc2N1C(C)(C)CN. The fraction of sp³-hybridized carbons (Fsp3) is 0.538. The third-order valence-corrected chi connectivity index (χ3v) is 3.36. The van der Waals surface area contributed by atoms with Crippen molar-refractivity contribution in [3.63, 3.8) is 0 Å². The van der Waals surface area contributed by atoms with Gasteiger partial charge in [-0.05, 0) is 38.8 Å². The third-order valence-electron chi connectivity index (χ3n) is 3.36. The second-order valence-electron chi connectivity index (χ2n) is 5.07. The first-order chi connectivity index (χ1) is 7.06. The van der Waals surface area contributed by atoms with Crippen LogP contribution in [0.1, 0.15) is 26.3 Å². The fourth-order valence-electron chi connectivity index (χ4n) is 2.59. The second-order valence-corrected chi connectivity index (χ2v) is 5.07. The highest BCUT2D eigenvalue weighted by molar-refractivity contribution is 5.61. The molecule has 0 bridgehead atoms. The van der Waals surface area contributed by atoms with Gasteiger partial charge in [0.15, 0.2) is 0 Å². The zero-order chi connectivity index (χ0) is 11.1. The summed E-state index contributed by atoms with van der Waals surface area (Å²) in [6.07, 6.45) is 1.14. The zero-order valence-corrected chi connectivity index (χ0v) is 9.83. The van der Waals surface area contributed by atoms with Gasteiger partial charge in [-0.3, -0.25) is 0 Å². The lowest BCUT2D eigenvalue weighted by Gasteiger charge is -2.40. The van der Waals surface area contributed by atoms with Crippen molar-refractivity contribution >= 4 is 5.69 Å². The topological polar surface area (TPSA) is 29.3 Å². The highest BCUT2D eigenvalue weighted by Crippen LogP contribution is 2.36. The van der Waals surface area contributed by atoms with Gasteiger partial charge < -0.3 is 10.6 Å². The molecule has 0 saturated heterocycles. The van der Waals surface area contributed by atoms with E-state index in [1.807, 2.05) is 0 Å². The quantitative estimate of drug-likeness (QED) is 0.800. The molecule has 0 amide bonds. The van der Waals surface area contributed by atoms with Crippen LogP contribution >= 0.6 is 0 Å². The minimum absolute atomic E-state index is 0.0476. The van der Waals surface area contributed by atoms with Crippen LogP contribution in [0.15, 0.2) is 24.3 Å². The number of anilines is 1. The molecule has 2 nitrogen and oxygen atoms in total. The van der Waals surface area contributed by atoms with Gasteiger partial charge in [0.05, 0.1) is 0 Å². The number of para-hydroxylation sites is 1. The number of nitrogens with two attached hydrogens (primary N) is 1. The summed E-state index contributed by atoms with van der Waals surface area (Å²) in [5.41, 5.74) is 8.72. The summed E-state index contributed by atoms with van der Waals surface area (Å²) in [6, 6.07) is 9.20. The Labute approximate surface area is 92.1 Å². The summed E-state index contributed by atoms with van der Waals surface area (Å²) in [5, 5.41) is 0. The number of hydrogen-bond acceptors (Lipinski definition) is 2. The van der Waals surface area contributed by atoms with Crippen molar-refractivity contribution in [1.82, 2.24) is 0 Å². The van der Waals surface area contributed by atoms with Crippen LogP contribution in [0.25, 0.3) is 0 Å². The summed E-state index contributed by atoms with van der Waals surface area (Å²) in [7, 11) is 0. The first-order valence-electron chi connectivity index (χ1n) is 5.63. The molecule has 1 atom stereocenters. The van der Waals surface area contributed by atoms with Crippen molar-refractivity contribution in [3.05, 3.63) is 29.8 Å². The first kappa shape index (κ1) is 10.5. The van der Waals surface area contributed by atoms with Crippen LogP contribution in [0.5, 0.6) is 0 Å². The molecule has 1 aliphatic rings. The first-order valence-corrected chi connectivity index (χ1v) is 5.63. The number of nitrogens with zero attached hydrogens (tertiary/aromatic N) is 1. The number of fused-ring (bicyclic) bond motifs is 1. The Morgan fingerprint density at radius 3 is 2.73 bits per heavy atom. The van der Waals surface area contributed by atoms with Gasteiger partial charge >= 0.3 is 0 Å². The van der Waals surface area contributed by atoms with E-state index in [1.54, 1.807) is 0 Å². The van der Waals surface area contributed by atoms with Crippen molar-refractivity contribution in [3.8, 4) is 0 Å². The summed E-state index contributed by atoms with van der Waals surface area (Å²) >= 11 is 0. The van der Waals surface area contributed by atoms with Gasteiger partial charge in [0, 0.05) is 23.8 Å². The minimum Gasteiger partial charge on any atom is -0.362 e. The molecule has 0 radical (unpaired) electrons. The molecule has 0 saturated carbocycles. The van der Waals surface area contributed by atoms with E-state index in [2.05, 4.69) is 49.9 Å². The highest BCUT2D eigenvalue weighted by Gasteiger charge is 2.35. The van der Waals surface area contributed by atoms with Crippen LogP contribution in [-0.2, 0) is 6.42 Å². The van der Waals surface area contributed by atoms with Crippen LogP contribution in [0.2, 0.25) is 0 Å². The molecule has 1 aliphatic heterocycles. The number of benzene rings is 1. The van der Waals surface area contributed by atoms with Crippen LogP contribution in [-0.4, -0.2) is 18.1 Å². The molecule has 2 N–H and O–H groups in total. The Kier molecular flexibility index (Phi) is 2.47. The molecule has 1 aromatic carbocycles.